The number of aromatic nitrogens is 1. The zero-order valence-corrected chi connectivity index (χ0v) is 12.0. The number of aryl methyl sites for hydroxylation is 2. The first-order valence-electron chi connectivity index (χ1n) is 6.90. The molecular weight excluding hydrogens is 266 g/mol. The van der Waals surface area contributed by atoms with Crippen LogP contribution in [0.15, 0.2) is 45.6 Å². The van der Waals surface area contributed by atoms with Gasteiger partial charge in [-0.15, -0.1) is 0 Å². The fraction of sp³-hybridized carbons (Fsp3) is 0.235. The van der Waals surface area contributed by atoms with Crippen molar-refractivity contribution in [3.05, 3.63) is 69.2 Å². The number of aromatic amines is 1. The Labute approximate surface area is 122 Å². The van der Waals surface area contributed by atoms with Crippen LogP contribution in [-0.4, -0.2) is 10.1 Å². The normalized spacial score (nSPS) is 12.7. The molecule has 1 aromatic heterocycles. The van der Waals surface area contributed by atoms with Gasteiger partial charge in [-0.1, -0.05) is 24.3 Å². The molecule has 4 nitrogen and oxygen atoms in total. The second-order valence-corrected chi connectivity index (χ2v) is 5.41. The highest BCUT2D eigenvalue weighted by molar-refractivity contribution is 5.72. The molecule has 1 atom stereocenters. The van der Waals surface area contributed by atoms with E-state index in [9.17, 15) is 9.90 Å². The third-order valence-electron chi connectivity index (χ3n) is 3.83. The number of fused-ring (bicyclic) bond motifs is 1. The molecule has 0 spiro atoms. The molecule has 0 bridgehead atoms. The Balaban J connectivity index is 1.87. The number of hydrogen-bond acceptors (Lipinski definition) is 3. The monoisotopic (exact) mass is 283 g/mol. The zero-order chi connectivity index (χ0) is 15.0. The molecule has 0 radical (unpaired) electrons. The molecule has 0 saturated heterocycles. The maximum Gasteiger partial charge on any atom is 0.417 e. The van der Waals surface area contributed by atoms with E-state index in [1.807, 2.05) is 6.07 Å². The highest BCUT2D eigenvalue weighted by Gasteiger charge is 2.11. The number of hydrogen-bond donors (Lipinski definition) is 2. The Kier molecular flexibility index (Phi) is 3.39. The summed E-state index contributed by atoms with van der Waals surface area (Å²) in [6.07, 6.45) is -0.0990. The van der Waals surface area contributed by atoms with Crippen molar-refractivity contribution in [2.75, 3.05) is 0 Å². The smallest absolute Gasteiger partial charge is 0.408 e. The van der Waals surface area contributed by atoms with Gasteiger partial charge in [-0.05, 0) is 48.2 Å². The molecule has 4 heteroatoms. The third-order valence-corrected chi connectivity index (χ3v) is 3.83. The van der Waals surface area contributed by atoms with Gasteiger partial charge >= 0.3 is 5.76 Å². The summed E-state index contributed by atoms with van der Waals surface area (Å²) in [7, 11) is 0. The first-order valence-corrected chi connectivity index (χ1v) is 6.90. The highest BCUT2D eigenvalue weighted by atomic mass is 16.4. The molecule has 0 aliphatic carbocycles. The Morgan fingerprint density at radius 3 is 2.71 bits per heavy atom. The van der Waals surface area contributed by atoms with E-state index in [1.54, 1.807) is 18.2 Å². The van der Waals surface area contributed by atoms with Crippen molar-refractivity contribution in [3.63, 3.8) is 0 Å². The summed E-state index contributed by atoms with van der Waals surface area (Å²) in [4.78, 5) is 13.7. The summed E-state index contributed by atoms with van der Waals surface area (Å²) >= 11 is 0. The molecule has 0 aliphatic rings. The maximum absolute atomic E-state index is 11.1. The molecule has 0 amide bonds. The third kappa shape index (κ3) is 2.76. The summed E-state index contributed by atoms with van der Waals surface area (Å²) in [6.45, 7) is 4.13. The predicted molar refractivity (Wildman–Crippen MR) is 81.4 cm³/mol. The van der Waals surface area contributed by atoms with Gasteiger partial charge in [0.05, 0.1) is 11.6 Å². The van der Waals surface area contributed by atoms with E-state index in [0.29, 0.717) is 17.5 Å². The quantitative estimate of drug-likeness (QED) is 0.776. The summed E-state index contributed by atoms with van der Waals surface area (Å²) < 4.78 is 5.02. The molecule has 2 N–H and O–H groups in total. The van der Waals surface area contributed by atoms with E-state index >= 15 is 0 Å². The lowest BCUT2D eigenvalue weighted by Crippen LogP contribution is -2.02. The molecule has 3 rings (SSSR count). The summed E-state index contributed by atoms with van der Waals surface area (Å²) in [5.74, 6) is -0.481. The first-order chi connectivity index (χ1) is 10.0. The van der Waals surface area contributed by atoms with E-state index < -0.39 is 11.9 Å². The van der Waals surface area contributed by atoms with Gasteiger partial charge in [0.25, 0.3) is 0 Å². The van der Waals surface area contributed by atoms with Gasteiger partial charge < -0.3 is 9.52 Å². The molecule has 2 aromatic carbocycles. The number of nitrogens with one attached hydrogen (secondary N) is 1. The summed E-state index contributed by atoms with van der Waals surface area (Å²) in [5, 5.41) is 10.4. The number of oxazole rings is 1. The van der Waals surface area contributed by atoms with Crippen LogP contribution in [0, 0.1) is 13.8 Å². The lowest BCUT2D eigenvalue weighted by molar-refractivity contribution is 0.178. The van der Waals surface area contributed by atoms with E-state index in [1.165, 1.54) is 11.1 Å². The van der Waals surface area contributed by atoms with Gasteiger partial charge in [0.1, 0.15) is 0 Å². The van der Waals surface area contributed by atoms with Crippen molar-refractivity contribution in [2.45, 2.75) is 26.4 Å². The fourth-order valence-electron chi connectivity index (χ4n) is 2.44. The largest absolute Gasteiger partial charge is 0.417 e. The van der Waals surface area contributed by atoms with Crippen molar-refractivity contribution in [1.29, 1.82) is 0 Å². The van der Waals surface area contributed by atoms with Crippen LogP contribution in [0.1, 0.15) is 28.4 Å². The summed E-state index contributed by atoms with van der Waals surface area (Å²) in [6, 6.07) is 11.4. The molecule has 1 unspecified atom stereocenters. The Morgan fingerprint density at radius 1 is 1.14 bits per heavy atom. The number of aliphatic hydroxyl groups is 1. The molecule has 0 aliphatic heterocycles. The van der Waals surface area contributed by atoms with Gasteiger partial charge in [-0.2, -0.15) is 0 Å². The molecule has 3 aromatic rings. The van der Waals surface area contributed by atoms with E-state index in [2.05, 4.69) is 31.0 Å². The van der Waals surface area contributed by atoms with Crippen LogP contribution in [0.2, 0.25) is 0 Å². The minimum Gasteiger partial charge on any atom is -0.408 e. The average Bonchev–Trinajstić information content (AvgIpc) is 2.82. The van der Waals surface area contributed by atoms with Gasteiger partial charge in [0, 0.05) is 6.42 Å². The number of aliphatic hydroxyl groups excluding tert-OH is 1. The summed E-state index contributed by atoms with van der Waals surface area (Å²) in [5.41, 5.74) is 5.39. The van der Waals surface area contributed by atoms with Crippen molar-refractivity contribution in [1.82, 2.24) is 4.98 Å². The van der Waals surface area contributed by atoms with Crippen molar-refractivity contribution in [3.8, 4) is 0 Å². The number of benzene rings is 2. The Hall–Kier alpha value is -2.33. The molecular formula is C17H17NO3. The topological polar surface area (TPSA) is 66.2 Å². The fourth-order valence-corrected chi connectivity index (χ4v) is 2.44. The number of H-pyrrole nitrogens is 1. The Morgan fingerprint density at radius 2 is 1.95 bits per heavy atom. The van der Waals surface area contributed by atoms with Crippen LogP contribution in [0.5, 0.6) is 0 Å². The van der Waals surface area contributed by atoms with Gasteiger partial charge in [0.15, 0.2) is 5.58 Å². The van der Waals surface area contributed by atoms with Crippen molar-refractivity contribution >= 4 is 11.1 Å². The standard InChI is InChI=1S/C17H17NO3/c1-10-3-4-12(7-11(10)2)8-15(19)13-5-6-14-16(9-13)21-17(20)18-14/h3-7,9,15,19H,8H2,1-2H3,(H,18,20). The molecule has 1 heterocycles. The minimum absolute atomic E-state index is 0.469. The minimum atomic E-state index is -0.628. The molecule has 0 saturated carbocycles. The van der Waals surface area contributed by atoms with Crippen LogP contribution < -0.4 is 5.76 Å². The number of rotatable bonds is 3. The van der Waals surface area contributed by atoms with Gasteiger partial charge in [-0.3, -0.25) is 4.98 Å². The Bertz CT molecular complexity index is 845. The molecule has 21 heavy (non-hydrogen) atoms. The second kappa shape index (κ2) is 5.22. The van der Waals surface area contributed by atoms with Crippen LogP contribution in [0.25, 0.3) is 11.1 Å². The van der Waals surface area contributed by atoms with Crippen molar-refractivity contribution < 1.29 is 9.52 Å². The molecule has 108 valence electrons. The van der Waals surface area contributed by atoms with Gasteiger partial charge in [0.2, 0.25) is 0 Å². The van der Waals surface area contributed by atoms with Gasteiger partial charge in [-0.25, -0.2) is 4.79 Å². The maximum atomic E-state index is 11.1. The van der Waals surface area contributed by atoms with Crippen molar-refractivity contribution in [2.24, 2.45) is 0 Å². The van der Waals surface area contributed by atoms with E-state index in [4.69, 9.17) is 4.42 Å². The highest BCUT2D eigenvalue weighted by Crippen LogP contribution is 2.22. The van der Waals surface area contributed by atoms with Crippen LogP contribution in [-0.2, 0) is 6.42 Å². The lowest BCUT2D eigenvalue weighted by Gasteiger charge is -2.12. The predicted octanol–water partition coefficient (Wildman–Crippen LogP) is 3.01. The van der Waals surface area contributed by atoms with Crippen LogP contribution in [0.3, 0.4) is 0 Å². The first kappa shape index (κ1) is 13.6. The average molecular weight is 283 g/mol. The zero-order valence-electron chi connectivity index (χ0n) is 12.0. The van der Waals surface area contributed by atoms with E-state index in [-0.39, 0.29) is 0 Å². The molecule has 0 fully saturated rings. The van der Waals surface area contributed by atoms with Crippen LogP contribution in [0.4, 0.5) is 0 Å². The van der Waals surface area contributed by atoms with E-state index in [0.717, 1.165) is 11.1 Å². The second-order valence-electron chi connectivity index (χ2n) is 5.41. The SMILES string of the molecule is Cc1ccc(CC(O)c2ccc3[nH]c(=O)oc3c2)cc1C. The lowest BCUT2D eigenvalue weighted by atomic mass is 9.98. The van der Waals surface area contributed by atoms with Crippen LogP contribution >= 0.6 is 0 Å².